The molecule has 4 rings (SSSR count). The first-order valence-electron chi connectivity index (χ1n) is 9.68. The van der Waals surface area contributed by atoms with Gasteiger partial charge in [-0.2, -0.15) is 0 Å². The molecule has 2 aromatic carbocycles. The third-order valence-electron chi connectivity index (χ3n) is 5.63. The quantitative estimate of drug-likeness (QED) is 0.533. The van der Waals surface area contributed by atoms with Crippen LogP contribution < -0.4 is 0 Å². The average molecular weight is 357 g/mol. The van der Waals surface area contributed by atoms with Crippen LogP contribution in [0.5, 0.6) is 0 Å². The summed E-state index contributed by atoms with van der Waals surface area (Å²) in [5, 5.41) is 0. The molecule has 0 unspecified atom stereocenters. The van der Waals surface area contributed by atoms with Crippen LogP contribution in [0.1, 0.15) is 53.0 Å². The van der Waals surface area contributed by atoms with Crippen LogP contribution in [0.25, 0.3) is 16.9 Å². The zero-order chi connectivity index (χ0) is 19.3. The second-order valence-electron chi connectivity index (χ2n) is 8.82. The Morgan fingerprint density at radius 1 is 0.852 bits per heavy atom. The summed E-state index contributed by atoms with van der Waals surface area (Å²) in [6.45, 7) is 10.8. The smallest absolute Gasteiger partial charge is 0.165 e. The van der Waals surface area contributed by atoms with Crippen LogP contribution in [0.15, 0.2) is 48.5 Å². The molecule has 2 heteroatoms. The average Bonchev–Trinajstić information content (AvgIpc) is 2.94. The van der Waals surface area contributed by atoms with Crippen molar-refractivity contribution in [2.45, 2.75) is 47.5 Å². The van der Waals surface area contributed by atoms with E-state index in [1.54, 1.807) is 0 Å². The number of rotatable bonds is 2. The van der Waals surface area contributed by atoms with Gasteiger partial charge in [0.25, 0.3) is 0 Å². The standard InChI is InChI=1S/C25H27NO/c1-16-6-9-19(10-7-16)22-13-20-23(14-25(4,5)15-24(20)27)26(22)21-11-8-17(2)12-18(21)3/h6-13H,14-15H2,1-5H3. The van der Waals surface area contributed by atoms with Crippen molar-refractivity contribution in [1.29, 1.82) is 0 Å². The number of fused-ring (bicyclic) bond motifs is 1. The predicted octanol–water partition coefficient (Wildman–Crippen LogP) is 6.22. The largest absolute Gasteiger partial charge is 0.313 e. The molecule has 0 amide bonds. The van der Waals surface area contributed by atoms with E-state index in [4.69, 9.17) is 0 Å². The van der Waals surface area contributed by atoms with Crippen molar-refractivity contribution in [3.63, 3.8) is 0 Å². The van der Waals surface area contributed by atoms with Gasteiger partial charge in [0.05, 0.1) is 5.69 Å². The number of hydrogen-bond acceptors (Lipinski definition) is 1. The summed E-state index contributed by atoms with van der Waals surface area (Å²) >= 11 is 0. The van der Waals surface area contributed by atoms with Gasteiger partial charge < -0.3 is 4.57 Å². The normalized spacial score (nSPS) is 15.7. The van der Waals surface area contributed by atoms with Crippen LogP contribution in [0.3, 0.4) is 0 Å². The van der Waals surface area contributed by atoms with Crippen LogP contribution in [0, 0.1) is 26.2 Å². The number of nitrogens with zero attached hydrogens (tertiary/aromatic N) is 1. The fraction of sp³-hybridized carbons (Fsp3) is 0.320. The van der Waals surface area contributed by atoms with E-state index in [1.807, 2.05) is 0 Å². The Kier molecular flexibility index (Phi) is 4.10. The van der Waals surface area contributed by atoms with Crippen LogP contribution in [0.4, 0.5) is 0 Å². The number of aromatic nitrogens is 1. The zero-order valence-electron chi connectivity index (χ0n) is 16.9. The van der Waals surface area contributed by atoms with Crippen LogP contribution in [-0.2, 0) is 6.42 Å². The van der Waals surface area contributed by atoms with Gasteiger partial charge in [-0.1, -0.05) is 61.4 Å². The van der Waals surface area contributed by atoms with Crippen LogP contribution >= 0.6 is 0 Å². The maximum atomic E-state index is 12.9. The third kappa shape index (κ3) is 3.14. The van der Waals surface area contributed by atoms with Gasteiger partial charge >= 0.3 is 0 Å². The number of benzene rings is 2. The van der Waals surface area contributed by atoms with Crippen molar-refractivity contribution >= 4 is 5.78 Å². The molecule has 0 atom stereocenters. The molecule has 27 heavy (non-hydrogen) atoms. The van der Waals surface area contributed by atoms with Crippen LogP contribution in [0.2, 0.25) is 0 Å². The van der Waals surface area contributed by atoms with E-state index < -0.39 is 0 Å². The van der Waals surface area contributed by atoms with Crippen molar-refractivity contribution < 1.29 is 4.79 Å². The highest BCUT2D eigenvalue weighted by atomic mass is 16.1. The summed E-state index contributed by atoms with van der Waals surface area (Å²) < 4.78 is 2.33. The summed E-state index contributed by atoms with van der Waals surface area (Å²) in [7, 11) is 0. The summed E-state index contributed by atoms with van der Waals surface area (Å²) in [6, 6.07) is 17.3. The highest BCUT2D eigenvalue weighted by molar-refractivity contribution is 6.00. The highest BCUT2D eigenvalue weighted by Crippen LogP contribution is 2.40. The summed E-state index contributed by atoms with van der Waals surface area (Å²) in [5.74, 6) is 0.262. The van der Waals surface area contributed by atoms with E-state index >= 15 is 0 Å². The number of carbonyl (C=O) groups is 1. The Morgan fingerprint density at radius 2 is 1.52 bits per heavy atom. The summed E-state index contributed by atoms with van der Waals surface area (Å²) in [6.07, 6.45) is 1.53. The molecular formula is C25H27NO. The van der Waals surface area contributed by atoms with E-state index in [2.05, 4.69) is 87.7 Å². The number of ketones is 1. The first-order chi connectivity index (χ1) is 12.7. The van der Waals surface area contributed by atoms with Gasteiger partial charge in [-0.3, -0.25) is 4.79 Å². The van der Waals surface area contributed by atoms with Crippen molar-refractivity contribution in [3.8, 4) is 16.9 Å². The van der Waals surface area contributed by atoms with Gasteiger partial charge in [0.1, 0.15) is 0 Å². The van der Waals surface area contributed by atoms with Gasteiger partial charge in [-0.05, 0) is 55.9 Å². The Labute approximate surface area is 161 Å². The van der Waals surface area contributed by atoms with Gasteiger partial charge in [-0.25, -0.2) is 0 Å². The minimum atomic E-state index is -0.0106. The molecule has 1 aromatic heterocycles. The molecule has 0 bridgehead atoms. The predicted molar refractivity (Wildman–Crippen MR) is 112 cm³/mol. The number of aryl methyl sites for hydroxylation is 3. The van der Waals surface area contributed by atoms with E-state index in [0.29, 0.717) is 6.42 Å². The van der Waals surface area contributed by atoms with Gasteiger partial charge in [0.2, 0.25) is 0 Å². The lowest BCUT2D eigenvalue weighted by Crippen LogP contribution is -2.27. The van der Waals surface area contributed by atoms with E-state index in [9.17, 15) is 4.79 Å². The summed E-state index contributed by atoms with van der Waals surface area (Å²) in [5.41, 5.74) is 9.20. The van der Waals surface area contributed by atoms with E-state index in [0.717, 1.165) is 28.9 Å². The molecule has 2 nitrogen and oxygen atoms in total. The topological polar surface area (TPSA) is 22.0 Å². The lowest BCUT2D eigenvalue weighted by molar-refractivity contribution is 0.0911. The molecule has 0 saturated carbocycles. The Morgan fingerprint density at radius 3 is 2.19 bits per heavy atom. The molecule has 1 heterocycles. The van der Waals surface area contributed by atoms with Crippen molar-refractivity contribution in [2.75, 3.05) is 0 Å². The molecule has 0 aliphatic heterocycles. The second kappa shape index (κ2) is 6.23. The fourth-order valence-corrected chi connectivity index (χ4v) is 4.28. The second-order valence-corrected chi connectivity index (χ2v) is 8.82. The van der Waals surface area contributed by atoms with Crippen molar-refractivity contribution in [1.82, 2.24) is 4.57 Å². The molecule has 1 aliphatic carbocycles. The minimum Gasteiger partial charge on any atom is -0.313 e. The number of carbonyl (C=O) groups excluding carboxylic acids is 1. The Bertz CT molecular complexity index is 1030. The molecular weight excluding hydrogens is 330 g/mol. The third-order valence-corrected chi connectivity index (χ3v) is 5.63. The summed E-state index contributed by atoms with van der Waals surface area (Å²) in [4.78, 5) is 12.9. The molecule has 0 spiro atoms. The fourth-order valence-electron chi connectivity index (χ4n) is 4.28. The molecule has 138 valence electrons. The Balaban J connectivity index is 2.02. The van der Waals surface area contributed by atoms with Crippen molar-refractivity contribution in [3.05, 3.63) is 76.5 Å². The lowest BCUT2D eigenvalue weighted by Gasteiger charge is -2.30. The molecule has 0 N–H and O–H groups in total. The van der Waals surface area contributed by atoms with Crippen molar-refractivity contribution in [2.24, 2.45) is 5.41 Å². The maximum Gasteiger partial charge on any atom is 0.165 e. The first-order valence-corrected chi connectivity index (χ1v) is 9.68. The molecule has 1 aliphatic rings. The number of hydrogen-bond donors (Lipinski definition) is 0. The molecule has 3 aromatic rings. The van der Waals surface area contributed by atoms with E-state index in [-0.39, 0.29) is 11.2 Å². The minimum absolute atomic E-state index is 0.0106. The van der Waals surface area contributed by atoms with Gasteiger partial charge in [0, 0.05) is 23.4 Å². The van der Waals surface area contributed by atoms with E-state index in [1.165, 1.54) is 22.4 Å². The van der Waals surface area contributed by atoms with Gasteiger partial charge in [0.15, 0.2) is 5.78 Å². The lowest BCUT2D eigenvalue weighted by atomic mass is 9.76. The molecule has 0 radical (unpaired) electrons. The molecule has 0 fully saturated rings. The number of Topliss-reactive ketones (excluding diaryl/α,β-unsaturated/α-hetero) is 1. The Hall–Kier alpha value is -2.61. The molecule has 0 saturated heterocycles. The maximum absolute atomic E-state index is 12.9. The SMILES string of the molecule is Cc1ccc(-c2cc3c(n2-c2ccc(C)cc2C)CC(C)(C)CC3=O)cc1. The van der Waals surface area contributed by atoms with Crippen LogP contribution in [-0.4, -0.2) is 10.4 Å². The monoisotopic (exact) mass is 357 g/mol. The van der Waals surface area contributed by atoms with Gasteiger partial charge in [-0.15, -0.1) is 0 Å². The first kappa shape index (κ1) is 17.8. The zero-order valence-corrected chi connectivity index (χ0v) is 16.9. The highest BCUT2D eigenvalue weighted by Gasteiger charge is 2.35.